The van der Waals surface area contributed by atoms with Crippen molar-refractivity contribution in [3.63, 3.8) is 0 Å². The molecule has 1 aromatic rings. The van der Waals surface area contributed by atoms with Crippen LogP contribution in [0.1, 0.15) is 12.0 Å². The minimum atomic E-state index is -1.92. The van der Waals surface area contributed by atoms with Crippen LogP contribution in [0.2, 0.25) is 0 Å². The Hall–Kier alpha value is -4.06. The zero-order valence-electron chi connectivity index (χ0n) is 16.4. The molecule has 0 fully saturated rings. The van der Waals surface area contributed by atoms with Crippen molar-refractivity contribution in [3.8, 4) is 11.8 Å². The van der Waals surface area contributed by atoms with Gasteiger partial charge in [0.2, 0.25) is 11.8 Å². The molecule has 1 atom stereocenters. The van der Waals surface area contributed by atoms with E-state index in [2.05, 4.69) is 6.58 Å². The molecule has 3 rings (SSSR count). The molecule has 0 radical (unpaired) electrons. The molecule has 9 nitrogen and oxygen atoms in total. The fourth-order valence-corrected chi connectivity index (χ4v) is 3.85. The summed E-state index contributed by atoms with van der Waals surface area (Å²) in [5.74, 6) is -2.31. The highest BCUT2D eigenvalue weighted by Gasteiger charge is 2.62. The lowest BCUT2D eigenvalue weighted by atomic mass is 9.68. The standard InChI is InChI=1S/C21H19N3O6/c1-4-9-24-14(10-16(25)28-2)17(19(26)29-3)21(20(24)27)12-7-5-6-8-15(12)30-18(23)13(21)11-22/h4-8H,1,9-10,23H2,2-3H3/t21-/m1/s1. The van der Waals surface area contributed by atoms with Gasteiger partial charge in [-0.05, 0) is 6.07 Å². The number of carbonyl (C=O) groups is 3. The summed E-state index contributed by atoms with van der Waals surface area (Å²) in [7, 11) is 2.33. The zero-order chi connectivity index (χ0) is 22.1. The first-order valence-electron chi connectivity index (χ1n) is 8.87. The summed E-state index contributed by atoms with van der Waals surface area (Å²) in [5.41, 5.74) is 3.92. The maximum Gasteiger partial charge on any atom is 0.337 e. The smallest absolute Gasteiger partial charge is 0.337 e. The number of benzene rings is 1. The molecule has 0 saturated carbocycles. The average molecular weight is 409 g/mol. The molecule has 2 aliphatic heterocycles. The van der Waals surface area contributed by atoms with E-state index in [0.29, 0.717) is 0 Å². The maximum absolute atomic E-state index is 13.8. The highest BCUT2D eigenvalue weighted by molar-refractivity contribution is 6.13. The molecular weight excluding hydrogens is 390 g/mol. The Morgan fingerprint density at radius 1 is 1.33 bits per heavy atom. The van der Waals surface area contributed by atoms with E-state index in [1.807, 2.05) is 6.07 Å². The highest BCUT2D eigenvalue weighted by atomic mass is 16.5. The van der Waals surface area contributed by atoms with Crippen molar-refractivity contribution in [2.75, 3.05) is 20.8 Å². The Morgan fingerprint density at radius 2 is 2.03 bits per heavy atom. The second kappa shape index (κ2) is 7.75. The number of fused-ring (bicyclic) bond motifs is 2. The van der Waals surface area contributed by atoms with Gasteiger partial charge in [-0.1, -0.05) is 24.3 Å². The molecule has 2 aliphatic rings. The van der Waals surface area contributed by atoms with Crippen molar-refractivity contribution in [1.29, 1.82) is 5.26 Å². The van der Waals surface area contributed by atoms with Gasteiger partial charge in [-0.2, -0.15) is 5.26 Å². The molecule has 1 amide bonds. The molecule has 1 aromatic carbocycles. The third-order valence-corrected chi connectivity index (χ3v) is 5.04. The predicted molar refractivity (Wildman–Crippen MR) is 103 cm³/mol. The van der Waals surface area contributed by atoms with E-state index in [1.165, 1.54) is 18.1 Å². The molecule has 0 unspecified atom stereocenters. The maximum atomic E-state index is 13.8. The highest BCUT2D eigenvalue weighted by Crippen LogP contribution is 2.54. The van der Waals surface area contributed by atoms with Crippen LogP contribution in [-0.4, -0.2) is 43.5 Å². The summed E-state index contributed by atoms with van der Waals surface area (Å²) >= 11 is 0. The van der Waals surface area contributed by atoms with Gasteiger partial charge in [-0.3, -0.25) is 9.59 Å². The van der Waals surface area contributed by atoms with Gasteiger partial charge in [0.25, 0.3) is 0 Å². The molecule has 2 N–H and O–H groups in total. The van der Waals surface area contributed by atoms with Crippen LogP contribution < -0.4 is 10.5 Å². The fraction of sp³-hybridized carbons (Fsp3) is 0.238. The van der Waals surface area contributed by atoms with Gasteiger partial charge in [-0.25, -0.2) is 4.79 Å². The molecule has 0 saturated heterocycles. The Bertz CT molecular complexity index is 1060. The predicted octanol–water partition coefficient (Wildman–Crippen LogP) is 1.03. The summed E-state index contributed by atoms with van der Waals surface area (Å²) in [4.78, 5) is 40.2. The molecule has 154 valence electrons. The van der Waals surface area contributed by atoms with Crippen LogP contribution in [0.15, 0.2) is 59.6 Å². The first-order chi connectivity index (χ1) is 14.4. The normalized spacial score (nSPS) is 19.9. The van der Waals surface area contributed by atoms with Gasteiger partial charge in [0.05, 0.1) is 26.2 Å². The second-order valence-electron chi connectivity index (χ2n) is 6.47. The summed E-state index contributed by atoms with van der Waals surface area (Å²) in [6.07, 6.45) is 1.04. The zero-order valence-corrected chi connectivity index (χ0v) is 16.4. The summed E-state index contributed by atoms with van der Waals surface area (Å²) in [6, 6.07) is 8.34. The van der Waals surface area contributed by atoms with Crippen molar-refractivity contribution in [2.45, 2.75) is 11.8 Å². The third-order valence-electron chi connectivity index (χ3n) is 5.04. The molecule has 1 spiro atoms. The van der Waals surface area contributed by atoms with Crippen LogP contribution in [0.5, 0.6) is 5.75 Å². The van der Waals surface area contributed by atoms with Crippen molar-refractivity contribution >= 4 is 17.8 Å². The lowest BCUT2D eigenvalue weighted by Crippen LogP contribution is -2.47. The molecule has 30 heavy (non-hydrogen) atoms. The number of ether oxygens (including phenoxy) is 3. The topological polar surface area (TPSA) is 132 Å². The van der Waals surface area contributed by atoms with Crippen LogP contribution in [-0.2, 0) is 29.3 Å². The fourth-order valence-electron chi connectivity index (χ4n) is 3.85. The van der Waals surface area contributed by atoms with Crippen molar-refractivity contribution in [2.24, 2.45) is 5.73 Å². The summed E-state index contributed by atoms with van der Waals surface area (Å²) in [6.45, 7) is 3.62. The number of amides is 1. The third kappa shape index (κ3) is 2.73. The monoisotopic (exact) mass is 409 g/mol. The second-order valence-corrected chi connectivity index (χ2v) is 6.47. The molecule has 0 bridgehead atoms. The van der Waals surface area contributed by atoms with E-state index >= 15 is 0 Å². The van der Waals surface area contributed by atoms with Gasteiger partial charge in [-0.15, -0.1) is 6.58 Å². The van der Waals surface area contributed by atoms with Crippen LogP contribution >= 0.6 is 0 Å². The number of esters is 2. The Labute approximate surface area is 172 Å². The SMILES string of the molecule is C=CCN1C(=O)[C@]2(C(C#N)=C(N)Oc3ccccc32)C(C(=O)OC)=C1CC(=O)OC. The van der Waals surface area contributed by atoms with Gasteiger partial charge in [0.1, 0.15) is 17.4 Å². The van der Waals surface area contributed by atoms with E-state index < -0.39 is 29.7 Å². The Balaban J connectivity index is 2.48. The Kier molecular flexibility index (Phi) is 5.34. The quantitative estimate of drug-likeness (QED) is 0.563. The van der Waals surface area contributed by atoms with Gasteiger partial charge in [0.15, 0.2) is 5.41 Å². The lowest BCUT2D eigenvalue weighted by molar-refractivity contribution is -0.140. The van der Waals surface area contributed by atoms with E-state index in [-0.39, 0.29) is 40.6 Å². The van der Waals surface area contributed by atoms with Crippen LogP contribution in [0.3, 0.4) is 0 Å². The number of rotatable bonds is 5. The van der Waals surface area contributed by atoms with E-state index in [4.69, 9.17) is 19.9 Å². The molecule has 0 aromatic heterocycles. The van der Waals surface area contributed by atoms with Crippen molar-refractivity contribution in [3.05, 3.63) is 65.2 Å². The number of hydrogen-bond donors (Lipinski definition) is 1. The Morgan fingerprint density at radius 3 is 2.63 bits per heavy atom. The van der Waals surface area contributed by atoms with Crippen LogP contribution in [0.4, 0.5) is 0 Å². The molecule has 2 heterocycles. The number of para-hydroxylation sites is 1. The minimum absolute atomic E-state index is 0.0188. The number of methoxy groups -OCH3 is 2. The largest absolute Gasteiger partial charge is 0.469 e. The number of nitriles is 1. The van der Waals surface area contributed by atoms with E-state index in [1.54, 1.807) is 24.3 Å². The minimum Gasteiger partial charge on any atom is -0.469 e. The first-order valence-corrected chi connectivity index (χ1v) is 8.87. The molecular formula is C21H19N3O6. The molecule has 9 heteroatoms. The lowest BCUT2D eigenvalue weighted by Gasteiger charge is -2.35. The van der Waals surface area contributed by atoms with Gasteiger partial charge in [0, 0.05) is 17.8 Å². The average Bonchev–Trinajstić information content (AvgIpc) is 2.97. The summed E-state index contributed by atoms with van der Waals surface area (Å²) in [5, 5.41) is 9.91. The van der Waals surface area contributed by atoms with Crippen LogP contribution in [0.25, 0.3) is 0 Å². The molecule has 0 aliphatic carbocycles. The number of nitrogens with zero attached hydrogens (tertiary/aromatic N) is 2. The van der Waals surface area contributed by atoms with Crippen molar-refractivity contribution in [1.82, 2.24) is 4.90 Å². The number of nitrogens with two attached hydrogens (primary N) is 1. The van der Waals surface area contributed by atoms with Gasteiger partial charge < -0.3 is 24.8 Å². The summed E-state index contributed by atoms with van der Waals surface area (Å²) < 4.78 is 15.2. The van der Waals surface area contributed by atoms with Crippen molar-refractivity contribution < 1.29 is 28.6 Å². The van der Waals surface area contributed by atoms with E-state index in [0.717, 1.165) is 7.11 Å². The van der Waals surface area contributed by atoms with Crippen LogP contribution in [0, 0.1) is 11.3 Å². The number of hydrogen-bond acceptors (Lipinski definition) is 8. The van der Waals surface area contributed by atoms with E-state index in [9.17, 15) is 19.6 Å². The number of carbonyl (C=O) groups excluding carboxylic acids is 3. The van der Waals surface area contributed by atoms with Gasteiger partial charge >= 0.3 is 11.9 Å². The first kappa shape index (κ1) is 20.7.